The number of ether oxygens (including phenoxy) is 1. The van der Waals surface area contributed by atoms with Gasteiger partial charge in [0.05, 0.1) is 7.11 Å². The molecule has 1 aliphatic rings. The first kappa shape index (κ1) is 17.5. The number of rotatable bonds is 5. The van der Waals surface area contributed by atoms with Crippen molar-refractivity contribution in [1.82, 2.24) is 4.90 Å². The van der Waals surface area contributed by atoms with Crippen LogP contribution in [0.3, 0.4) is 0 Å². The Balaban J connectivity index is 1.63. The number of piperazine rings is 1. The van der Waals surface area contributed by atoms with Crippen LogP contribution in [0.2, 0.25) is 0 Å². The normalized spacial score (nSPS) is 16.5. The Bertz CT molecular complexity index is 719. The van der Waals surface area contributed by atoms with E-state index in [0.717, 1.165) is 43.8 Å². The molecule has 0 radical (unpaired) electrons. The molecule has 0 bridgehead atoms. The van der Waals surface area contributed by atoms with Crippen LogP contribution in [0.15, 0.2) is 42.5 Å². The summed E-state index contributed by atoms with van der Waals surface area (Å²) in [6, 6.07) is 14.7. The lowest BCUT2D eigenvalue weighted by Crippen LogP contribution is -2.47. The zero-order valence-corrected chi connectivity index (χ0v) is 15.2. The maximum atomic E-state index is 10.9. The van der Waals surface area contributed by atoms with E-state index in [1.807, 2.05) is 24.3 Å². The van der Waals surface area contributed by atoms with Gasteiger partial charge in [0.1, 0.15) is 12.0 Å². The number of benzene rings is 2. The molecule has 25 heavy (non-hydrogen) atoms. The van der Waals surface area contributed by atoms with Gasteiger partial charge in [0.2, 0.25) is 0 Å². The van der Waals surface area contributed by atoms with Crippen molar-refractivity contribution in [2.45, 2.75) is 19.9 Å². The van der Waals surface area contributed by atoms with E-state index in [2.05, 4.69) is 41.8 Å². The van der Waals surface area contributed by atoms with Gasteiger partial charge in [0.25, 0.3) is 0 Å². The Morgan fingerprint density at radius 1 is 1.04 bits per heavy atom. The van der Waals surface area contributed by atoms with Crippen LogP contribution in [0.25, 0.3) is 0 Å². The van der Waals surface area contributed by atoms with E-state index in [4.69, 9.17) is 4.74 Å². The van der Waals surface area contributed by atoms with Crippen LogP contribution >= 0.6 is 0 Å². The second-order valence-electron chi connectivity index (χ2n) is 6.64. The van der Waals surface area contributed by atoms with E-state index in [0.29, 0.717) is 6.04 Å². The minimum absolute atomic E-state index is 0.395. The van der Waals surface area contributed by atoms with Gasteiger partial charge in [-0.2, -0.15) is 0 Å². The highest BCUT2D eigenvalue weighted by atomic mass is 16.5. The van der Waals surface area contributed by atoms with Crippen LogP contribution in [-0.4, -0.2) is 44.5 Å². The fourth-order valence-electron chi connectivity index (χ4n) is 3.55. The molecule has 4 nitrogen and oxygen atoms in total. The number of aldehydes is 1. The molecule has 0 N–H and O–H groups in total. The number of nitrogens with zero attached hydrogens (tertiary/aromatic N) is 2. The second kappa shape index (κ2) is 7.70. The molecular formula is C21H26N2O2. The van der Waals surface area contributed by atoms with Gasteiger partial charge in [-0.05, 0) is 55.3 Å². The fourth-order valence-corrected chi connectivity index (χ4v) is 3.55. The highest BCUT2D eigenvalue weighted by Gasteiger charge is 2.23. The van der Waals surface area contributed by atoms with Gasteiger partial charge >= 0.3 is 0 Å². The lowest BCUT2D eigenvalue weighted by atomic mass is 10.0. The molecular weight excluding hydrogens is 312 g/mol. The summed E-state index contributed by atoms with van der Waals surface area (Å²) < 4.78 is 5.24. The van der Waals surface area contributed by atoms with Gasteiger partial charge in [0.15, 0.2) is 0 Å². The summed E-state index contributed by atoms with van der Waals surface area (Å²) in [5.41, 5.74) is 4.47. The number of methoxy groups -OCH3 is 1. The van der Waals surface area contributed by atoms with Crippen molar-refractivity contribution in [3.8, 4) is 5.75 Å². The first-order valence-electron chi connectivity index (χ1n) is 8.81. The maximum absolute atomic E-state index is 10.9. The minimum atomic E-state index is 0.395. The van der Waals surface area contributed by atoms with Crippen molar-refractivity contribution >= 4 is 12.0 Å². The SMILES string of the molecule is COc1ccc(C(C)N2CCN(c3ccc(C=O)cc3C)CC2)cc1. The summed E-state index contributed by atoms with van der Waals surface area (Å²) in [7, 11) is 1.70. The van der Waals surface area contributed by atoms with Crippen molar-refractivity contribution in [3.05, 3.63) is 59.2 Å². The number of hydrogen-bond acceptors (Lipinski definition) is 4. The van der Waals surface area contributed by atoms with Crippen LogP contribution in [0.4, 0.5) is 5.69 Å². The molecule has 1 fully saturated rings. The second-order valence-corrected chi connectivity index (χ2v) is 6.64. The summed E-state index contributed by atoms with van der Waals surface area (Å²) in [5.74, 6) is 0.898. The molecule has 4 heteroatoms. The zero-order chi connectivity index (χ0) is 17.8. The molecule has 0 spiro atoms. The molecule has 1 heterocycles. The molecule has 1 saturated heterocycles. The molecule has 0 aliphatic carbocycles. The van der Waals surface area contributed by atoms with Crippen molar-refractivity contribution in [2.75, 3.05) is 38.2 Å². The van der Waals surface area contributed by atoms with Crippen LogP contribution < -0.4 is 9.64 Å². The van der Waals surface area contributed by atoms with Gasteiger partial charge in [-0.1, -0.05) is 12.1 Å². The smallest absolute Gasteiger partial charge is 0.150 e. The summed E-state index contributed by atoms with van der Waals surface area (Å²) in [4.78, 5) is 15.9. The summed E-state index contributed by atoms with van der Waals surface area (Å²) in [5, 5.41) is 0. The van der Waals surface area contributed by atoms with Gasteiger partial charge in [0, 0.05) is 43.5 Å². The number of aryl methyl sites for hydroxylation is 1. The van der Waals surface area contributed by atoms with E-state index < -0.39 is 0 Å². The molecule has 3 rings (SSSR count). The van der Waals surface area contributed by atoms with Crippen molar-refractivity contribution in [1.29, 1.82) is 0 Å². The molecule has 2 aromatic rings. The van der Waals surface area contributed by atoms with Gasteiger partial charge < -0.3 is 9.64 Å². The predicted molar refractivity (Wildman–Crippen MR) is 102 cm³/mol. The Hall–Kier alpha value is -2.33. The Morgan fingerprint density at radius 3 is 2.28 bits per heavy atom. The first-order valence-corrected chi connectivity index (χ1v) is 8.81. The van der Waals surface area contributed by atoms with E-state index in [-0.39, 0.29) is 0 Å². The molecule has 0 amide bonds. The van der Waals surface area contributed by atoms with E-state index in [1.165, 1.54) is 16.8 Å². The van der Waals surface area contributed by atoms with Crippen molar-refractivity contribution in [2.24, 2.45) is 0 Å². The lowest BCUT2D eigenvalue weighted by Gasteiger charge is -2.39. The van der Waals surface area contributed by atoms with Crippen LogP contribution in [0.1, 0.15) is 34.5 Å². The topological polar surface area (TPSA) is 32.8 Å². The molecule has 2 aromatic carbocycles. The molecule has 132 valence electrons. The highest BCUT2D eigenvalue weighted by molar-refractivity contribution is 5.77. The van der Waals surface area contributed by atoms with E-state index in [1.54, 1.807) is 7.11 Å². The van der Waals surface area contributed by atoms with Crippen LogP contribution in [0.5, 0.6) is 5.75 Å². The molecule has 0 aromatic heterocycles. The van der Waals surface area contributed by atoms with Crippen LogP contribution in [0, 0.1) is 6.92 Å². The minimum Gasteiger partial charge on any atom is -0.497 e. The average Bonchev–Trinajstić information content (AvgIpc) is 2.67. The van der Waals surface area contributed by atoms with Crippen LogP contribution in [-0.2, 0) is 0 Å². The Labute approximate surface area is 150 Å². The predicted octanol–water partition coefficient (Wildman–Crippen LogP) is 3.70. The highest BCUT2D eigenvalue weighted by Crippen LogP contribution is 2.27. The fraction of sp³-hybridized carbons (Fsp3) is 0.381. The summed E-state index contributed by atoms with van der Waals surface area (Å²) >= 11 is 0. The third-order valence-corrected chi connectivity index (χ3v) is 5.16. The molecule has 1 unspecified atom stereocenters. The summed E-state index contributed by atoms with van der Waals surface area (Å²) in [6.07, 6.45) is 0.908. The van der Waals surface area contributed by atoms with Crippen molar-refractivity contribution in [3.63, 3.8) is 0 Å². The zero-order valence-electron chi connectivity index (χ0n) is 15.2. The quantitative estimate of drug-likeness (QED) is 0.778. The van der Waals surface area contributed by atoms with Crippen molar-refractivity contribution < 1.29 is 9.53 Å². The number of carbonyl (C=O) groups excluding carboxylic acids is 1. The standard InChI is InChI=1S/C21H26N2O2/c1-16-14-18(15-24)4-9-21(16)23-12-10-22(11-13-23)17(2)19-5-7-20(25-3)8-6-19/h4-9,14-15,17H,10-13H2,1-3H3. The molecule has 0 saturated carbocycles. The first-order chi connectivity index (χ1) is 12.1. The third kappa shape index (κ3) is 3.85. The third-order valence-electron chi connectivity index (χ3n) is 5.16. The Kier molecular flexibility index (Phi) is 5.39. The summed E-state index contributed by atoms with van der Waals surface area (Å²) in [6.45, 7) is 8.41. The Morgan fingerprint density at radius 2 is 1.72 bits per heavy atom. The average molecular weight is 338 g/mol. The largest absolute Gasteiger partial charge is 0.497 e. The number of hydrogen-bond donors (Lipinski definition) is 0. The van der Waals surface area contributed by atoms with E-state index in [9.17, 15) is 4.79 Å². The van der Waals surface area contributed by atoms with Gasteiger partial charge in [-0.15, -0.1) is 0 Å². The number of carbonyl (C=O) groups is 1. The van der Waals surface area contributed by atoms with Gasteiger partial charge in [-0.3, -0.25) is 9.69 Å². The maximum Gasteiger partial charge on any atom is 0.150 e. The number of anilines is 1. The van der Waals surface area contributed by atoms with Gasteiger partial charge in [-0.25, -0.2) is 0 Å². The monoisotopic (exact) mass is 338 g/mol. The molecule has 1 atom stereocenters. The lowest BCUT2D eigenvalue weighted by molar-refractivity contribution is 0.112. The molecule has 1 aliphatic heterocycles. The van der Waals surface area contributed by atoms with E-state index >= 15 is 0 Å².